The molecule has 0 unspecified atom stereocenters. The van der Waals surface area contributed by atoms with Crippen LogP contribution in [0.25, 0.3) is 10.9 Å². The molecule has 3 heterocycles. The maximum atomic E-state index is 12.4. The van der Waals surface area contributed by atoms with Gasteiger partial charge in [0.25, 0.3) is 5.91 Å². The summed E-state index contributed by atoms with van der Waals surface area (Å²) in [6.07, 6.45) is 2.46. The van der Waals surface area contributed by atoms with E-state index in [0.29, 0.717) is 12.3 Å². The molecule has 1 aromatic carbocycles. The van der Waals surface area contributed by atoms with Crippen LogP contribution in [0.3, 0.4) is 0 Å². The van der Waals surface area contributed by atoms with E-state index in [2.05, 4.69) is 22.1 Å². The highest BCUT2D eigenvalue weighted by molar-refractivity contribution is 5.91. The van der Waals surface area contributed by atoms with Crippen LogP contribution in [0.15, 0.2) is 52.9 Å². The highest BCUT2D eigenvalue weighted by Crippen LogP contribution is 2.19. The first-order valence-electron chi connectivity index (χ1n) is 9.61. The third kappa shape index (κ3) is 4.37. The monoisotopic (exact) mass is 363 g/mol. The minimum absolute atomic E-state index is 0.205. The standard InChI is InChI=1S/C22H25N3O2/c1-16-10-12-25(13-11-16)15-19-8-9-21(27-19)22(26)23-14-18-7-6-17-4-2-3-5-20(17)24-18/h2-9,16H,10-15H2,1H3,(H,23,26). The number of pyridine rings is 1. The molecule has 0 radical (unpaired) electrons. The Labute approximate surface area is 159 Å². The van der Waals surface area contributed by atoms with E-state index in [9.17, 15) is 4.79 Å². The van der Waals surface area contributed by atoms with Crippen molar-refractivity contribution in [2.45, 2.75) is 32.9 Å². The second kappa shape index (κ2) is 7.92. The van der Waals surface area contributed by atoms with Crippen molar-refractivity contribution in [1.82, 2.24) is 15.2 Å². The summed E-state index contributed by atoms with van der Waals surface area (Å²) in [5.41, 5.74) is 1.76. The van der Waals surface area contributed by atoms with Gasteiger partial charge in [-0.1, -0.05) is 31.2 Å². The molecule has 0 atom stereocenters. The molecule has 1 saturated heterocycles. The summed E-state index contributed by atoms with van der Waals surface area (Å²) < 4.78 is 5.76. The summed E-state index contributed by atoms with van der Waals surface area (Å²) in [4.78, 5) is 19.3. The van der Waals surface area contributed by atoms with Gasteiger partial charge in [-0.25, -0.2) is 0 Å². The molecule has 3 aromatic rings. The highest BCUT2D eigenvalue weighted by Gasteiger charge is 2.18. The first-order chi connectivity index (χ1) is 13.2. The number of fused-ring (bicyclic) bond motifs is 1. The highest BCUT2D eigenvalue weighted by atomic mass is 16.4. The maximum Gasteiger partial charge on any atom is 0.287 e. The van der Waals surface area contributed by atoms with Gasteiger partial charge in [-0.3, -0.25) is 14.7 Å². The predicted molar refractivity (Wildman–Crippen MR) is 105 cm³/mol. The van der Waals surface area contributed by atoms with Gasteiger partial charge in [0.1, 0.15) is 5.76 Å². The fourth-order valence-electron chi connectivity index (χ4n) is 3.49. The Bertz CT molecular complexity index is 926. The predicted octanol–water partition coefficient (Wildman–Crippen LogP) is 3.99. The Balaban J connectivity index is 1.33. The summed E-state index contributed by atoms with van der Waals surface area (Å²) in [6, 6.07) is 15.6. The van der Waals surface area contributed by atoms with Gasteiger partial charge in [0.15, 0.2) is 5.76 Å². The Kier molecular flexibility index (Phi) is 5.21. The molecule has 0 aliphatic carbocycles. The third-order valence-corrected chi connectivity index (χ3v) is 5.23. The zero-order valence-corrected chi connectivity index (χ0v) is 15.6. The second-order valence-corrected chi connectivity index (χ2v) is 7.40. The van der Waals surface area contributed by atoms with E-state index in [1.807, 2.05) is 42.5 Å². The van der Waals surface area contributed by atoms with Gasteiger partial charge < -0.3 is 9.73 Å². The number of hydrogen-bond acceptors (Lipinski definition) is 4. The lowest BCUT2D eigenvalue weighted by atomic mass is 9.99. The van der Waals surface area contributed by atoms with Crippen molar-refractivity contribution >= 4 is 16.8 Å². The summed E-state index contributed by atoms with van der Waals surface area (Å²) in [5, 5.41) is 3.99. The van der Waals surface area contributed by atoms with E-state index in [4.69, 9.17) is 4.42 Å². The third-order valence-electron chi connectivity index (χ3n) is 5.23. The average Bonchev–Trinajstić information content (AvgIpc) is 3.16. The minimum Gasteiger partial charge on any atom is -0.455 e. The molecule has 5 heteroatoms. The number of carbonyl (C=O) groups is 1. The van der Waals surface area contributed by atoms with Crippen LogP contribution in [-0.4, -0.2) is 28.9 Å². The molecule has 1 N–H and O–H groups in total. The molecule has 1 amide bonds. The number of nitrogens with zero attached hydrogens (tertiary/aromatic N) is 2. The van der Waals surface area contributed by atoms with Crippen LogP contribution in [-0.2, 0) is 13.1 Å². The smallest absolute Gasteiger partial charge is 0.287 e. The number of nitrogens with one attached hydrogen (secondary N) is 1. The molecular formula is C22H25N3O2. The Morgan fingerprint density at radius 3 is 2.81 bits per heavy atom. The van der Waals surface area contributed by atoms with Gasteiger partial charge in [0.05, 0.1) is 24.3 Å². The minimum atomic E-state index is -0.205. The molecule has 27 heavy (non-hydrogen) atoms. The molecule has 4 rings (SSSR count). The molecule has 2 aromatic heterocycles. The number of amides is 1. The SMILES string of the molecule is CC1CCN(Cc2ccc(C(=O)NCc3ccc4ccccc4n3)o2)CC1. The molecule has 1 aliphatic rings. The molecule has 0 saturated carbocycles. The number of likely N-dealkylation sites (tertiary alicyclic amines) is 1. The zero-order chi connectivity index (χ0) is 18.6. The van der Waals surface area contributed by atoms with Crippen LogP contribution >= 0.6 is 0 Å². The van der Waals surface area contributed by atoms with E-state index in [0.717, 1.165) is 47.9 Å². The topological polar surface area (TPSA) is 58.4 Å². The van der Waals surface area contributed by atoms with Crippen LogP contribution in [0.4, 0.5) is 0 Å². The van der Waals surface area contributed by atoms with E-state index in [1.54, 1.807) is 6.07 Å². The van der Waals surface area contributed by atoms with Crippen LogP contribution in [0.5, 0.6) is 0 Å². The van der Waals surface area contributed by atoms with Gasteiger partial charge in [-0.05, 0) is 56.1 Å². The van der Waals surface area contributed by atoms with Gasteiger partial charge >= 0.3 is 0 Å². The lowest BCUT2D eigenvalue weighted by Crippen LogP contribution is -2.32. The molecule has 5 nitrogen and oxygen atoms in total. The number of aromatic nitrogens is 1. The van der Waals surface area contributed by atoms with Gasteiger partial charge in [-0.2, -0.15) is 0 Å². The molecule has 0 spiro atoms. The Morgan fingerprint density at radius 1 is 1.15 bits per heavy atom. The van der Waals surface area contributed by atoms with Crippen LogP contribution in [0.1, 0.15) is 41.8 Å². The van der Waals surface area contributed by atoms with Crippen molar-refractivity contribution in [2.24, 2.45) is 5.92 Å². The number of hydrogen-bond donors (Lipinski definition) is 1. The molecule has 140 valence electrons. The van der Waals surface area contributed by atoms with E-state index in [-0.39, 0.29) is 5.91 Å². The van der Waals surface area contributed by atoms with E-state index >= 15 is 0 Å². The lowest BCUT2D eigenvalue weighted by Gasteiger charge is -2.29. The second-order valence-electron chi connectivity index (χ2n) is 7.40. The number of piperidine rings is 1. The summed E-state index contributed by atoms with van der Waals surface area (Å²) in [5.74, 6) is 1.81. The molecule has 1 fully saturated rings. The first kappa shape index (κ1) is 17.7. The quantitative estimate of drug-likeness (QED) is 0.745. The number of carbonyl (C=O) groups excluding carboxylic acids is 1. The Morgan fingerprint density at radius 2 is 1.96 bits per heavy atom. The lowest BCUT2D eigenvalue weighted by molar-refractivity contribution is 0.0917. The zero-order valence-electron chi connectivity index (χ0n) is 15.6. The number of benzene rings is 1. The van der Waals surface area contributed by atoms with Crippen molar-refractivity contribution in [3.05, 3.63) is 65.7 Å². The normalized spacial score (nSPS) is 15.9. The van der Waals surface area contributed by atoms with Gasteiger partial charge in [0, 0.05) is 5.39 Å². The van der Waals surface area contributed by atoms with Gasteiger partial charge in [0.2, 0.25) is 0 Å². The maximum absolute atomic E-state index is 12.4. The van der Waals surface area contributed by atoms with Crippen LogP contribution in [0, 0.1) is 5.92 Å². The number of rotatable bonds is 5. The Hall–Kier alpha value is -2.66. The fourth-order valence-corrected chi connectivity index (χ4v) is 3.49. The van der Waals surface area contributed by atoms with Crippen molar-refractivity contribution in [1.29, 1.82) is 0 Å². The van der Waals surface area contributed by atoms with Crippen molar-refractivity contribution < 1.29 is 9.21 Å². The number of furan rings is 1. The van der Waals surface area contributed by atoms with Crippen molar-refractivity contribution in [3.63, 3.8) is 0 Å². The van der Waals surface area contributed by atoms with Crippen LogP contribution in [0.2, 0.25) is 0 Å². The average molecular weight is 363 g/mol. The summed E-state index contributed by atoms with van der Waals surface area (Å²) in [7, 11) is 0. The molecule has 0 bridgehead atoms. The summed E-state index contributed by atoms with van der Waals surface area (Å²) >= 11 is 0. The fraction of sp³-hybridized carbons (Fsp3) is 0.364. The molecule has 1 aliphatic heterocycles. The molecular weight excluding hydrogens is 338 g/mol. The van der Waals surface area contributed by atoms with Crippen molar-refractivity contribution in [3.8, 4) is 0 Å². The first-order valence-corrected chi connectivity index (χ1v) is 9.61. The van der Waals surface area contributed by atoms with Gasteiger partial charge in [-0.15, -0.1) is 0 Å². The van der Waals surface area contributed by atoms with E-state index in [1.165, 1.54) is 12.8 Å². The van der Waals surface area contributed by atoms with Crippen LogP contribution < -0.4 is 5.32 Å². The van der Waals surface area contributed by atoms with E-state index < -0.39 is 0 Å². The van der Waals surface area contributed by atoms with Crippen molar-refractivity contribution in [2.75, 3.05) is 13.1 Å². The largest absolute Gasteiger partial charge is 0.455 e. The number of para-hydroxylation sites is 1. The summed E-state index contributed by atoms with van der Waals surface area (Å²) in [6.45, 7) is 5.64.